The maximum Gasteiger partial charge on any atom is 0.277 e. The smallest absolute Gasteiger partial charge is 0.277 e. The largest absolute Gasteiger partial charge is 0.337 e. The van der Waals surface area contributed by atoms with E-state index in [2.05, 4.69) is 43.8 Å². The Balaban J connectivity index is 1.26. The first kappa shape index (κ1) is 18.7. The second kappa shape index (κ2) is 8.22. The molecule has 0 bridgehead atoms. The van der Waals surface area contributed by atoms with Gasteiger partial charge in [0.25, 0.3) is 5.91 Å². The Morgan fingerprint density at radius 1 is 1.07 bits per heavy atom. The lowest BCUT2D eigenvalue weighted by Gasteiger charge is -2.37. The number of carbonyl (C=O) groups is 1. The second-order valence-corrected chi connectivity index (χ2v) is 9.48. The number of piperazine rings is 1. The summed E-state index contributed by atoms with van der Waals surface area (Å²) < 4.78 is 0. The molecule has 29 heavy (non-hydrogen) atoms. The zero-order valence-electron chi connectivity index (χ0n) is 16.2. The zero-order valence-corrected chi connectivity index (χ0v) is 17.8. The van der Waals surface area contributed by atoms with Gasteiger partial charge in [-0.05, 0) is 29.0 Å². The molecule has 2 atom stereocenters. The highest BCUT2D eigenvalue weighted by Crippen LogP contribution is 2.31. The Bertz CT molecular complexity index is 951. The van der Waals surface area contributed by atoms with Gasteiger partial charge in [0, 0.05) is 55.4 Å². The minimum atomic E-state index is 0.258. The van der Waals surface area contributed by atoms with Gasteiger partial charge in [0.15, 0.2) is 6.54 Å². The summed E-state index contributed by atoms with van der Waals surface area (Å²) in [6.45, 7) is 4.61. The van der Waals surface area contributed by atoms with Crippen LogP contribution in [-0.2, 0) is 11.2 Å². The molecule has 8 heteroatoms. The molecule has 1 fully saturated rings. The van der Waals surface area contributed by atoms with E-state index in [9.17, 15) is 4.79 Å². The minimum Gasteiger partial charge on any atom is -0.337 e. The summed E-state index contributed by atoms with van der Waals surface area (Å²) in [6, 6.07) is 8.70. The van der Waals surface area contributed by atoms with Crippen molar-refractivity contribution in [3.8, 4) is 0 Å². The number of fused-ring (bicyclic) bond motifs is 1. The molecule has 0 aliphatic carbocycles. The standard InChI is InChI=1S/C21H23N5OS2/c27-19(24-9-11-25(12-10-24)21-22-6-2-7-23-21)15-26-8-4-17-16(5-14-29-17)20(26)18-3-1-13-28-18/h1-3,5-7,13-14,20H,4,8-12,15H2/p+1. The summed E-state index contributed by atoms with van der Waals surface area (Å²) in [6.07, 6.45) is 4.60. The predicted octanol–water partition coefficient (Wildman–Crippen LogP) is 1.48. The van der Waals surface area contributed by atoms with E-state index in [1.807, 2.05) is 22.3 Å². The third-order valence-electron chi connectivity index (χ3n) is 5.85. The molecule has 0 aromatic carbocycles. The summed E-state index contributed by atoms with van der Waals surface area (Å²) >= 11 is 3.65. The van der Waals surface area contributed by atoms with Crippen molar-refractivity contribution < 1.29 is 9.69 Å². The SMILES string of the molecule is O=C(C[NH+]1CCc2sccc2C1c1cccs1)N1CCN(c2ncccn2)CC1. The van der Waals surface area contributed by atoms with Crippen molar-refractivity contribution in [2.75, 3.05) is 44.2 Å². The van der Waals surface area contributed by atoms with Crippen LogP contribution in [0, 0.1) is 0 Å². The first-order valence-corrected chi connectivity index (χ1v) is 11.8. The van der Waals surface area contributed by atoms with Crippen LogP contribution in [0.1, 0.15) is 21.4 Å². The highest BCUT2D eigenvalue weighted by atomic mass is 32.1. The normalized spacial score (nSPS) is 21.8. The van der Waals surface area contributed by atoms with Gasteiger partial charge < -0.3 is 14.7 Å². The number of aromatic nitrogens is 2. The Hall–Kier alpha value is -2.29. The van der Waals surface area contributed by atoms with Crippen LogP contribution in [0.3, 0.4) is 0 Å². The summed E-state index contributed by atoms with van der Waals surface area (Å²) in [5, 5.41) is 4.33. The van der Waals surface area contributed by atoms with Crippen LogP contribution in [0.2, 0.25) is 0 Å². The van der Waals surface area contributed by atoms with Crippen molar-refractivity contribution in [2.24, 2.45) is 0 Å². The Morgan fingerprint density at radius 2 is 1.90 bits per heavy atom. The number of nitrogens with zero attached hydrogens (tertiary/aromatic N) is 4. The average Bonchev–Trinajstić information content (AvgIpc) is 3.46. The van der Waals surface area contributed by atoms with Gasteiger partial charge in [-0.3, -0.25) is 4.79 Å². The van der Waals surface area contributed by atoms with Crippen molar-refractivity contribution in [1.82, 2.24) is 14.9 Å². The first-order valence-electron chi connectivity index (χ1n) is 10.0. The third-order valence-corrected chi connectivity index (χ3v) is 7.78. The Morgan fingerprint density at radius 3 is 2.66 bits per heavy atom. The molecular weight excluding hydrogens is 402 g/mol. The zero-order chi connectivity index (χ0) is 19.6. The van der Waals surface area contributed by atoms with Crippen molar-refractivity contribution in [3.63, 3.8) is 0 Å². The van der Waals surface area contributed by atoms with Gasteiger partial charge in [0.2, 0.25) is 5.95 Å². The molecule has 3 aromatic heterocycles. The van der Waals surface area contributed by atoms with E-state index in [-0.39, 0.29) is 11.9 Å². The van der Waals surface area contributed by atoms with Gasteiger partial charge in [-0.25, -0.2) is 9.97 Å². The number of hydrogen-bond donors (Lipinski definition) is 1. The van der Waals surface area contributed by atoms with Crippen LogP contribution < -0.4 is 9.80 Å². The fraction of sp³-hybridized carbons (Fsp3) is 0.381. The van der Waals surface area contributed by atoms with E-state index in [4.69, 9.17) is 0 Å². The number of rotatable bonds is 4. The fourth-order valence-corrected chi connectivity index (χ4v) is 6.19. The topological polar surface area (TPSA) is 53.8 Å². The van der Waals surface area contributed by atoms with E-state index in [0.717, 1.165) is 45.1 Å². The average molecular weight is 427 g/mol. The number of thiophene rings is 2. The number of anilines is 1. The number of hydrogen-bond acceptors (Lipinski definition) is 6. The van der Waals surface area contributed by atoms with Gasteiger partial charge in [0.05, 0.1) is 11.4 Å². The quantitative estimate of drug-likeness (QED) is 0.687. The van der Waals surface area contributed by atoms with E-state index in [1.54, 1.807) is 23.7 Å². The molecule has 150 valence electrons. The molecule has 1 amide bonds. The minimum absolute atomic E-state index is 0.258. The lowest BCUT2D eigenvalue weighted by molar-refractivity contribution is -0.919. The summed E-state index contributed by atoms with van der Waals surface area (Å²) in [4.78, 5) is 30.2. The van der Waals surface area contributed by atoms with Gasteiger partial charge >= 0.3 is 0 Å². The number of carbonyl (C=O) groups excluding carboxylic acids is 1. The monoisotopic (exact) mass is 426 g/mol. The second-order valence-electron chi connectivity index (χ2n) is 7.50. The molecule has 1 saturated heterocycles. The molecule has 3 aromatic rings. The number of quaternary nitrogens is 1. The molecule has 0 saturated carbocycles. The van der Waals surface area contributed by atoms with Crippen LogP contribution in [0.25, 0.3) is 0 Å². The lowest BCUT2D eigenvalue weighted by Crippen LogP contribution is -3.14. The van der Waals surface area contributed by atoms with Crippen LogP contribution in [-0.4, -0.2) is 60.0 Å². The van der Waals surface area contributed by atoms with Crippen molar-refractivity contribution in [2.45, 2.75) is 12.5 Å². The van der Waals surface area contributed by atoms with E-state index in [0.29, 0.717) is 6.54 Å². The molecule has 2 aliphatic heterocycles. The van der Waals surface area contributed by atoms with E-state index >= 15 is 0 Å². The van der Waals surface area contributed by atoms with Crippen molar-refractivity contribution >= 4 is 34.5 Å². The van der Waals surface area contributed by atoms with Gasteiger partial charge in [-0.15, -0.1) is 22.7 Å². The molecule has 0 spiro atoms. The molecule has 1 N–H and O–H groups in total. The highest BCUT2D eigenvalue weighted by molar-refractivity contribution is 7.10. The highest BCUT2D eigenvalue weighted by Gasteiger charge is 2.36. The van der Waals surface area contributed by atoms with E-state index < -0.39 is 0 Å². The molecule has 5 heterocycles. The predicted molar refractivity (Wildman–Crippen MR) is 116 cm³/mol. The van der Waals surface area contributed by atoms with Crippen molar-refractivity contribution in [3.05, 3.63) is 62.7 Å². The molecule has 5 rings (SSSR count). The van der Waals surface area contributed by atoms with Gasteiger partial charge in [-0.1, -0.05) is 6.07 Å². The molecule has 0 radical (unpaired) electrons. The lowest BCUT2D eigenvalue weighted by atomic mass is 9.98. The third kappa shape index (κ3) is 3.80. The fourth-order valence-electron chi connectivity index (χ4n) is 4.37. The van der Waals surface area contributed by atoms with Crippen LogP contribution in [0.4, 0.5) is 5.95 Å². The number of nitrogens with one attached hydrogen (secondary N) is 1. The summed E-state index contributed by atoms with van der Waals surface area (Å²) in [5.41, 5.74) is 1.41. The van der Waals surface area contributed by atoms with Gasteiger partial charge in [0.1, 0.15) is 6.04 Å². The molecule has 2 aliphatic rings. The summed E-state index contributed by atoms with van der Waals surface area (Å²) in [7, 11) is 0. The maximum absolute atomic E-state index is 13.1. The summed E-state index contributed by atoms with van der Waals surface area (Å²) in [5.74, 6) is 1.01. The van der Waals surface area contributed by atoms with Crippen LogP contribution >= 0.6 is 22.7 Å². The molecule has 6 nitrogen and oxygen atoms in total. The van der Waals surface area contributed by atoms with Gasteiger partial charge in [-0.2, -0.15) is 0 Å². The van der Waals surface area contributed by atoms with Crippen LogP contribution in [0.15, 0.2) is 47.4 Å². The Labute approximate surface area is 178 Å². The first-order chi connectivity index (χ1) is 14.3. The Kier molecular flexibility index (Phi) is 5.30. The molecular formula is C21H24N5OS2+. The maximum atomic E-state index is 13.1. The van der Waals surface area contributed by atoms with E-state index in [1.165, 1.54) is 20.2 Å². The molecule has 2 unspecified atom stereocenters. The van der Waals surface area contributed by atoms with Crippen LogP contribution in [0.5, 0.6) is 0 Å². The van der Waals surface area contributed by atoms with Crippen molar-refractivity contribution in [1.29, 1.82) is 0 Å². The number of amides is 1.